The molecule has 1 aromatic heterocycles. The lowest BCUT2D eigenvalue weighted by atomic mass is 9.98. The van der Waals surface area contributed by atoms with E-state index in [-0.39, 0.29) is 5.75 Å². The number of aromatic amines is 1. The summed E-state index contributed by atoms with van der Waals surface area (Å²) in [5, 5.41) is 13.0. The summed E-state index contributed by atoms with van der Waals surface area (Å²) in [5.41, 5.74) is -4.12. The number of esters is 1. The second-order valence-corrected chi connectivity index (χ2v) is 10.4. The first-order valence-electron chi connectivity index (χ1n) is 11.1. The van der Waals surface area contributed by atoms with Crippen LogP contribution < -0.4 is 20.9 Å². The molecular weight excluding hydrogens is 500 g/mol. The van der Waals surface area contributed by atoms with Gasteiger partial charge in [0.2, 0.25) is 0 Å². The van der Waals surface area contributed by atoms with Gasteiger partial charge >= 0.3 is 19.4 Å². The zero-order chi connectivity index (χ0) is 26.7. The fraction of sp³-hybridized carbons (Fsp3) is 0.500. The zero-order valence-corrected chi connectivity index (χ0v) is 21.0. The smallest absolute Gasteiger partial charge is 0.459 e. The molecule has 3 rings (SSSR count). The lowest BCUT2D eigenvalue weighted by molar-refractivity contribution is -0.149. The molecule has 0 amide bonds. The summed E-state index contributed by atoms with van der Waals surface area (Å²) < 4.78 is 51.4. The van der Waals surface area contributed by atoms with Gasteiger partial charge in [-0.1, -0.05) is 18.2 Å². The lowest BCUT2D eigenvalue weighted by Crippen LogP contribution is -2.43. The standard InChI is InChI=1S/C22H29FN3O9P/c1-13(2)33-19(29)14(3)25-36(31,35-15-8-6-5-7-9-15)32-12-16-18(28)22(4,23)20(34-16)26-11-10-17(27)24-21(26)30/h5-11,13-14,16,18,20,28H,12H2,1-4H3,(H,25,31)(H,24,27,30)/t14-,16?,18-,20?,22-,36-/m1/s1. The number of aliphatic hydroxyl groups excluding tert-OH is 1. The molecule has 1 aliphatic rings. The average Bonchev–Trinajstić information content (AvgIpc) is 3.01. The van der Waals surface area contributed by atoms with Crippen molar-refractivity contribution in [1.82, 2.24) is 14.6 Å². The van der Waals surface area contributed by atoms with Gasteiger partial charge in [-0.15, -0.1) is 0 Å². The number of para-hydroxylation sites is 1. The van der Waals surface area contributed by atoms with E-state index in [0.717, 1.165) is 23.8 Å². The number of aliphatic hydroxyl groups is 1. The largest absolute Gasteiger partial charge is 0.462 e. The Morgan fingerprint density at radius 1 is 1.28 bits per heavy atom. The summed E-state index contributed by atoms with van der Waals surface area (Å²) >= 11 is 0. The average molecular weight is 529 g/mol. The maximum absolute atomic E-state index is 15.4. The van der Waals surface area contributed by atoms with E-state index in [1.165, 1.54) is 19.1 Å². The molecule has 0 spiro atoms. The summed E-state index contributed by atoms with van der Waals surface area (Å²) in [5.74, 6) is -0.560. The van der Waals surface area contributed by atoms with E-state index >= 15 is 4.39 Å². The number of carbonyl (C=O) groups is 1. The zero-order valence-electron chi connectivity index (χ0n) is 20.1. The Morgan fingerprint density at radius 3 is 2.56 bits per heavy atom. The Labute approximate surface area is 205 Å². The Bertz CT molecular complexity index is 1220. The van der Waals surface area contributed by atoms with E-state index in [1.54, 1.807) is 32.0 Å². The van der Waals surface area contributed by atoms with Crippen molar-refractivity contribution in [3.8, 4) is 5.75 Å². The van der Waals surface area contributed by atoms with Crippen molar-refractivity contribution < 1.29 is 37.4 Å². The maximum atomic E-state index is 15.4. The number of nitrogens with zero attached hydrogens (tertiary/aromatic N) is 1. The van der Waals surface area contributed by atoms with Crippen molar-refractivity contribution in [3.05, 3.63) is 63.4 Å². The van der Waals surface area contributed by atoms with E-state index in [9.17, 15) is 24.1 Å². The topological polar surface area (TPSA) is 158 Å². The van der Waals surface area contributed by atoms with Crippen molar-refractivity contribution in [1.29, 1.82) is 0 Å². The van der Waals surface area contributed by atoms with Crippen LogP contribution in [-0.4, -0.2) is 57.3 Å². The highest BCUT2D eigenvalue weighted by Gasteiger charge is 2.55. The molecule has 2 unspecified atom stereocenters. The summed E-state index contributed by atoms with van der Waals surface area (Å²) in [7, 11) is -4.30. The molecule has 6 atom stereocenters. The van der Waals surface area contributed by atoms with Crippen LogP contribution in [0.5, 0.6) is 5.75 Å². The molecule has 1 saturated heterocycles. The summed E-state index contributed by atoms with van der Waals surface area (Å²) in [6.45, 7) is 5.07. The Morgan fingerprint density at radius 2 is 1.94 bits per heavy atom. The maximum Gasteiger partial charge on any atom is 0.459 e. The van der Waals surface area contributed by atoms with Gasteiger partial charge < -0.3 is 19.1 Å². The Balaban J connectivity index is 1.80. The fourth-order valence-electron chi connectivity index (χ4n) is 3.47. The fourth-order valence-corrected chi connectivity index (χ4v) is 4.97. The first-order valence-corrected chi connectivity index (χ1v) is 12.7. The minimum Gasteiger partial charge on any atom is -0.462 e. The van der Waals surface area contributed by atoms with Gasteiger partial charge in [0, 0.05) is 12.3 Å². The van der Waals surface area contributed by atoms with Gasteiger partial charge in [-0.05, 0) is 39.8 Å². The molecule has 0 aliphatic carbocycles. The molecule has 14 heteroatoms. The molecule has 1 aliphatic heterocycles. The minimum atomic E-state index is -4.30. The van der Waals surface area contributed by atoms with Crippen LogP contribution in [0.2, 0.25) is 0 Å². The Hall–Kier alpha value is -2.83. The summed E-state index contributed by atoms with van der Waals surface area (Å²) in [4.78, 5) is 37.7. The van der Waals surface area contributed by atoms with Crippen LogP contribution in [0.4, 0.5) is 4.39 Å². The molecule has 3 N–H and O–H groups in total. The third kappa shape index (κ3) is 6.48. The number of benzene rings is 1. The lowest BCUT2D eigenvalue weighted by Gasteiger charge is -2.25. The van der Waals surface area contributed by atoms with Gasteiger partial charge in [0.1, 0.15) is 24.0 Å². The van der Waals surface area contributed by atoms with Gasteiger partial charge in [-0.2, -0.15) is 5.09 Å². The van der Waals surface area contributed by atoms with Crippen LogP contribution >= 0.6 is 7.75 Å². The second kappa shape index (κ2) is 11.1. The first-order chi connectivity index (χ1) is 16.8. The molecule has 1 fully saturated rings. The molecule has 12 nitrogen and oxygen atoms in total. The van der Waals surface area contributed by atoms with Gasteiger partial charge in [0.05, 0.1) is 12.7 Å². The van der Waals surface area contributed by atoms with E-state index < -0.39 is 67.8 Å². The number of alkyl halides is 1. The predicted molar refractivity (Wildman–Crippen MR) is 125 cm³/mol. The number of hydrogen-bond donors (Lipinski definition) is 3. The number of hydrogen-bond acceptors (Lipinski definition) is 9. The van der Waals surface area contributed by atoms with Gasteiger partial charge in [-0.3, -0.25) is 23.7 Å². The van der Waals surface area contributed by atoms with E-state index in [4.69, 9.17) is 18.5 Å². The molecule has 1 aromatic carbocycles. The number of ether oxygens (including phenoxy) is 2. The molecular formula is C22H29FN3O9P. The van der Waals surface area contributed by atoms with Crippen LogP contribution in [0.1, 0.15) is 33.9 Å². The normalized spacial score (nSPS) is 26.4. The van der Waals surface area contributed by atoms with Gasteiger partial charge in [0.15, 0.2) is 11.9 Å². The molecule has 0 radical (unpaired) electrons. The van der Waals surface area contributed by atoms with Crippen LogP contribution in [0.25, 0.3) is 0 Å². The van der Waals surface area contributed by atoms with Crippen LogP contribution in [-0.2, 0) is 23.4 Å². The van der Waals surface area contributed by atoms with E-state index in [0.29, 0.717) is 0 Å². The highest BCUT2D eigenvalue weighted by molar-refractivity contribution is 7.52. The number of aromatic nitrogens is 2. The van der Waals surface area contributed by atoms with Crippen molar-refractivity contribution in [2.45, 2.75) is 63.9 Å². The first kappa shape index (κ1) is 27.8. The van der Waals surface area contributed by atoms with Gasteiger partial charge in [-0.25, -0.2) is 13.8 Å². The third-order valence-corrected chi connectivity index (χ3v) is 6.90. The van der Waals surface area contributed by atoms with Gasteiger partial charge in [0.25, 0.3) is 5.56 Å². The monoisotopic (exact) mass is 529 g/mol. The molecule has 2 heterocycles. The molecule has 0 bridgehead atoms. The molecule has 198 valence electrons. The Kier molecular flexibility index (Phi) is 8.52. The number of rotatable bonds is 10. The molecule has 2 aromatic rings. The van der Waals surface area contributed by atoms with Crippen LogP contribution in [0.3, 0.4) is 0 Å². The highest BCUT2D eigenvalue weighted by Crippen LogP contribution is 2.47. The predicted octanol–water partition coefficient (Wildman–Crippen LogP) is 1.66. The quantitative estimate of drug-likeness (QED) is 0.305. The number of nitrogens with one attached hydrogen (secondary N) is 2. The van der Waals surface area contributed by atoms with Crippen molar-refractivity contribution >= 4 is 13.7 Å². The minimum absolute atomic E-state index is 0.152. The van der Waals surface area contributed by atoms with E-state index in [2.05, 4.69) is 5.09 Å². The van der Waals surface area contributed by atoms with Crippen LogP contribution in [0, 0.1) is 0 Å². The summed E-state index contributed by atoms with van der Waals surface area (Å²) in [6.07, 6.45) is -4.21. The van der Waals surface area contributed by atoms with Crippen molar-refractivity contribution in [3.63, 3.8) is 0 Å². The number of H-pyrrole nitrogens is 1. The van der Waals surface area contributed by atoms with Crippen LogP contribution in [0.15, 0.2) is 52.2 Å². The molecule has 0 saturated carbocycles. The van der Waals surface area contributed by atoms with Crippen molar-refractivity contribution in [2.75, 3.05) is 6.61 Å². The summed E-state index contributed by atoms with van der Waals surface area (Å²) in [6, 6.07) is 7.86. The van der Waals surface area contributed by atoms with Crippen molar-refractivity contribution in [2.24, 2.45) is 0 Å². The number of carbonyl (C=O) groups excluding carboxylic acids is 1. The third-order valence-electron chi connectivity index (χ3n) is 5.26. The second-order valence-electron chi connectivity index (χ2n) is 8.67. The highest BCUT2D eigenvalue weighted by atomic mass is 31.2. The SMILES string of the molecule is CC(C)OC(=O)[C@@H](C)N[P@@](=O)(OCC1OC(n2ccc(=O)[nH]c2=O)[C@](C)(F)[C@@H]1O)Oc1ccccc1. The molecule has 36 heavy (non-hydrogen) atoms. The number of halogens is 1. The van der Waals surface area contributed by atoms with E-state index in [1.807, 2.05) is 4.98 Å².